The summed E-state index contributed by atoms with van der Waals surface area (Å²) in [6, 6.07) is 8.48. The highest BCUT2D eigenvalue weighted by Gasteiger charge is 2.21. The monoisotopic (exact) mass is 296 g/mol. The van der Waals surface area contributed by atoms with Gasteiger partial charge in [0.15, 0.2) is 0 Å². The lowest BCUT2D eigenvalue weighted by Gasteiger charge is -2.19. The minimum atomic E-state index is -0.0159. The molecule has 1 atom stereocenters. The zero-order chi connectivity index (χ0) is 16.4. The predicted molar refractivity (Wildman–Crippen MR) is 96.3 cm³/mol. The van der Waals surface area contributed by atoms with E-state index in [0.717, 1.165) is 0 Å². The molecule has 1 aromatic carbocycles. The van der Waals surface area contributed by atoms with E-state index in [0.29, 0.717) is 5.92 Å². The maximum absolute atomic E-state index is 4.39. The van der Waals surface area contributed by atoms with Gasteiger partial charge in [-0.2, -0.15) is 5.10 Å². The molecule has 1 aliphatic carbocycles. The molecule has 1 aromatic rings. The molecule has 0 aliphatic heterocycles. The van der Waals surface area contributed by atoms with Gasteiger partial charge in [0.1, 0.15) is 0 Å². The van der Waals surface area contributed by atoms with E-state index in [1.165, 1.54) is 16.7 Å². The number of hydrogen-bond donors (Lipinski definition) is 1. The van der Waals surface area contributed by atoms with Gasteiger partial charge in [-0.15, -0.1) is 0 Å². The van der Waals surface area contributed by atoms with Crippen molar-refractivity contribution in [2.75, 3.05) is 0 Å². The molecule has 0 bridgehead atoms. The maximum atomic E-state index is 4.39. The normalized spacial score (nSPS) is 18.8. The zero-order valence-corrected chi connectivity index (χ0v) is 14.6. The average Bonchev–Trinajstić information content (AvgIpc) is 2.87. The summed E-state index contributed by atoms with van der Waals surface area (Å²) >= 11 is 0. The quantitative estimate of drug-likeness (QED) is 0.613. The number of rotatable bonds is 3. The van der Waals surface area contributed by atoms with Crippen molar-refractivity contribution in [2.24, 2.45) is 10.5 Å². The third kappa shape index (κ3) is 4.33. The average molecular weight is 296 g/mol. The van der Waals surface area contributed by atoms with Gasteiger partial charge in [0.05, 0.1) is 6.21 Å². The van der Waals surface area contributed by atoms with E-state index in [1.807, 2.05) is 6.21 Å². The Bertz CT molecular complexity index is 607. The van der Waals surface area contributed by atoms with Crippen molar-refractivity contribution in [3.63, 3.8) is 0 Å². The van der Waals surface area contributed by atoms with Crippen LogP contribution in [0.15, 0.2) is 53.2 Å². The Morgan fingerprint density at radius 2 is 1.73 bits per heavy atom. The highest BCUT2D eigenvalue weighted by molar-refractivity contribution is 5.82. The van der Waals surface area contributed by atoms with E-state index in [9.17, 15) is 0 Å². The molecular weight excluding hydrogens is 268 g/mol. The lowest BCUT2D eigenvalue weighted by molar-refractivity contribution is 0.442. The largest absolute Gasteiger partial charge is 0.305 e. The first-order valence-electron chi connectivity index (χ1n) is 7.96. The van der Waals surface area contributed by atoms with E-state index in [-0.39, 0.29) is 11.0 Å². The van der Waals surface area contributed by atoms with Gasteiger partial charge >= 0.3 is 0 Å². The number of benzene rings is 1. The second kappa shape index (κ2) is 6.12. The summed E-state index contributed by atoms with van der Waals surface area (Å²) in [7, 11) is 0. The molecule has 0 heterocycles. The minimum absolute atomic E-state index is 0.0159. The lowest BCUT2D eigenvalue weighted by atomic mass is 9.86. The van der Waals surface area contributed by atoms with Crippen molar-refractivity contribution in [3.05, 3.63) is 59.2 Å². The Balaban J connectivity index is 2.24. The summed E-state index contributed by atoms with van der Waals surface area (Å²) in [5, 5.41) is 4.39. The van der Waals surface area contributed by atoms with Crippen LogP contribution in [0, 0.1) is 5.41 Å². The van der Waals surface area contributed by atoms with Crippen LogP contribution in [0.1, 0.15) is 58.6 Å². The smallest absolute Gasteiger partial charge is 0.0543 e. The molecule has 1 unspecified atom stereocenters. The van der Waals surface area contributed by atoms with Crippen LogP contribution in [0.5, 0.6) is 0 Å². The summed E-state index contributed by atoms with van der Waals surface area (Å²) < 4.78 is 0. The van der Waals surface area contributed by atoms with Crippen LogP contribution in [0.3, 0.4) is 0 Å². The molecule has 2 nitrogen and oxygen atoms in total. The van der Waals surface area contributed by atoms with E-state index in [4.69, 9.17) is 0 Å². The molecule has 118 valence electrons. The maximum Gasteiger partial charge on any atom is 0.0543 e. The fourth-order valence-electron chi connectivity index (χ4n) is 2.43. The molecule has 0 saturated heterocycles. The van der Waals surface area contributed by atoms with E-state index in [1.54, 1.807) is 0 Å². The number of allylic oxidation sites excluding steroid dienone is 4. The Labute approximate surface area is 135 Å². The molecule has 0 amide bonds. The zero-order valence-electron chi connectivity index (χ0n) is 14.6. The van der Waals surface area contributed by atoms with Gasteiger partial charge in [-0.1, -0.05) is 63.3 Å². The molecule has 2 heteroatoms. The fourth-order valence-corrected chi connectivity index (χ4v) is 2.43. The summed E-state index contributed by atoms with van der Waals surface area (Å²) in [4.78, 5) is 0. The number of hydrogen-bond acceptors (Lipinski definition) is 2. The summed E-state index contributed by atoms with van der Waals surface area (Å²) in [5.74, 6) is 0.339. The van der Waals surface area contributed by atoms with Crippen molar-refractivity contribution in [1.29, 1.82) is 0 Å². The molecule has 0 saturated carbocycles. The summed E-state index contributed by atoms with van der Waals surface area (Å²) in [6.45, 7) is 13.1. The minimum Gasteiger partial charge on any atom is -0.305 e. The molecular formula is C20H28N2. The van der Waals surface area contributed by atoms with Gasteiger partial charge in [0.2, 0.25) is 0 Å². The predicted octanol–water partition coefficient (Wildman–Crippen LogP) is 5.03. The number of hydrazone groups is 1. The van der Waals surface area contributed by atoms with Crippen molar-refractivity contribution in [3.8, 4) is 0 Å². The van der Waals surface area contributed by atoms with Gasteiger partial charge in [0.25, 0.3) is 0 Å². The third-order valence-corrected chi connectivity index (χ3v) is 3.67. The van der Waals surface area contributed by atoms with Gasteiger partial charge in [-0.05, 0) is 42.9 Å². The van der Waals surface area contributed by atoms with Crippen molar-refractivity contribution in [2.45, 2.75) is 53.0 Å². The van der Waals surface area contributed by atoms with Gasteiger partial charge in [0, 0.05) is 11.5 Å². The number of nitrogens with one attached hydrogen (secondary N) is 1. The second-order valence-electron chi connectivity index (χ2n) is 8.01. The SMILES string of the molecule is CC(C)(C)NN=Cc1ccccc1C1C=CC(C(C)(C)C)=C1. The van der Waals surface area contributed by atoms with Crippen LogP contribution in [0.25, 0.3) is 0 Å². The first kappa shape index (κ1) is 16.5. The molecule has 0 radical (unpaired) electrons. The summed E-state index contributed by atoms with van der Waals surface area (Å²) in [6.07, 6.45) is 8.83. The highest BCUT2D eigenvalue weighted by atomic mass is 15.3. The van der Waals surface area contributed by atoms with E-state index < -0.39 is 0 Å². The van der Waals surface area contributed by atoms with Crippen molar-refractivity contribution >= 4 is 6.21 Å². The van der Waals surface area contributed by atoms with Gasteiger partial charge in [-0.3, -0.25) is 0 Å². The van der Waals surface area contributed by atoms with Crippen LogP contribution in [0.4, 0.5) is 0 Å². The van der Waals surface area contributed by atoms with Crippen LogP contribution in [-0.2, 0) is 0 Å². The van der Waals surface area contributed by atoms with E-state index in [2.05, 4.69) is 94.6 Å². The highest BCUT2D eigenvalue weighted by Crippen LogP contribution is 2.36. The second-order valence-corrected chi connectivity index (χ2v) is 8.01. The lowest BCUT2D eigenvalue weighted by Crippen LogP contribution is -2.31. The van der Waals surface area contributed by atoms with Crippen molar-refractivity contribution in [1.82, 2.24) is 5.43 Å². The summed E-state index contributed by atoms with van der Waals surface area (Å²) in [5.41, 5.74) is 7.21. The van der Waals surface area contributed by atoms with Crippen LogP contribution >= 0.6 is 0 Å². The Morgan fingerprint density at radius 1 is 1.05 bits per heavy atom. The Kier molecular flexibility index (Phi) is 4.60. The van der Waals surface area contributed by atoms with Crippen LogP contribution < -0.4 is 5.43 Å². The standard InChI is InChI=1S/C20H28N2/c1-19(2,3)17-12-11-15(13-17)18-10-8-7-9-16(18)14-21-22-20(4,5)6/h7-15,22H,1-6H3. The molecule has 1 N–H and O–H groups in total. The van der Waals surface area contributed by atoms with E-state index >= 15 is 0 Å². The Hall–Kier alpha value is -1.83. The molecule has 0 aromatic heterocycles. The molecule has 0 fully saturated rings. The molecule has 1 aliphatic rings. The number of nitrogens with zero attached hydrogens (tertiary/aromatic N) is 1. The van der Waals surface area contributed by atoms with Crippen LogP contribution in [0.2, 0.25) is 0 Å². The molecule has 2 rings (SSSR count). The Morgan fingerprint density at radius 3 is 2.32 bits per heavy atom. The molecule has 0 spiro atoms. The first-order valence-corrected chi connectivity index (χ1v) is 7.96. The van der Waals surface area contributed by atoms with Gasteiger partial charge in [-0.25, -0.2) is 0 Å². The molecule has 22 heavy (non-hydrogen) atoms. The van der Waals surface area contributed by atoms with Gasteiger partial charge < -0.3 is 5.43 Å². The first-order chi connectivity index (χ1) is 10.2. The third-order valence-electron chi connectivity index (χ3n) is 3.67. The van der Waals surface area contributed by atoms with Crippen molar-refractivity contribution < 1.29 is 0 Å². The van der Waals surface area contributed by atoms with Crippen LogP contribution in [-0.4, -0.2) is 11.8 Å². The fraction of sp³-hybridized carbons (Fsp3) is 0.450. The topological polar surface area (TPSA) is 24.4 Å².